The summed E-state index contributed by atoms with van der Waals surface area (Å²) in [5, 5.41) is 26.0. The molecular weight excluding hydrogens is 338 g/mol. The van der Waals surface area contributed by atoms with E-state index in [1.807, 2.05) is 31.1 Å². The average Bonchev–Trinajstić information content (AvgIpc) is 2.61. The van der Waals surface area contributed by atoms with Crippen LogP contribution in [0.3, 0.4) is 0 Å². The van der Waals surface area contributed by atoms with E-state index in [0.717, 1.165) is 11.8 Å². The number of anilines is 3. The summed E-state index contributed by atoms with van der Waals surface area (Å²) in [6.07, 6.45) is 1.44. The summed E-state index contributed by atoms with van der Waals surface area (Å²) >= 11 is 0. The molecule has 0 saturated carbocycles. The molecule has 2 aromatic carbocycles. The van der Waals surface area contributed by atoms with Gasteiger partial charge in [-0.25, -0.2) is 0 Å². The largest absolute Gasteiger partial charge is 0.378 e. The highest BCUT2D eigenvalue weighted by Gasteiger charge is 2.26. The van der Waals surface area contributed by atoms with Crippen molar-refractivity contribution in [2.45, 2.75) is 0 Å². The number of rotatable bonds is 5. The van der Waals surface area contributed by atoms with Crippen LogP contribution in [0.5, 0.6) is 0 Å². The minimum Gasteiger partial charge on any atom is -0.378 e. The van der Waals surface area contributed by atoms with Crippen LogP contribution >= 0.6 is 0 Å². The van der Waals surface area contributed by atoms with Gasteiger partial charge in [-0.2, -0.15) is 0 Å². The molecule has 0 spiro atoms. The number of hydrogen-bond acceptors (Lipinski definition) is 7. The van der Waals surface area contributed by atoms with Crippen molar-refractivity contribution in [2.75, 3.05) is 24.3 Å². The van der Waals surface area contributed by atoms with Crippen molar-refractivity contribution in [1.29, 1.82) is 0 Å². The quantitative estimate of drug-likeness (QED) is 0.547. The number of aromatic nitrogens is 1. The minimum absolute atomic E-state index is 0.119. The SMILES string of the molecule is CN(C)c1ccc(Nc2c([N+](=O)[O-])cc([N+](=O)[O-])c3cccnc23)cc1. The van der Waals surface area contributed by atoms with E-state index in [1.54, 1.807) is 18.2 Å². The van der Waals surface area contributed by atoms with Crippen LogP contribution in [0, 0.1) is 20.2 Å². The van der Waals surface area contributed by atoms with Gasteiger partial charge in [-0.1, -0.05) is 0 Å². The number of nitro groups is 2. The van der Waals surface area contributed by atoms with Gasteiger partial charge in [0.1, 0.15) is 11.2 Å². The van der Waals surface area contributed by atoms with Crippen molar-refractivity contribution < 1.29 is 9.85 Å². The number of pyridine rings is 1. The molecule has 26 heavy (non-hydrogen) atoms. The molecule has 0 atom stereocenters. The Kier molecular flexibility index (Phi) is 4.36. The fourth-order valence-electron chi connectivity index (χ4n) is 2.62. The molecule has 1 aromatic heterocycles. The van der Waals surface area contributed by atoms with Crippen molar-refractivity contribution in [1.82, 2.24) is 4.98 Å². The summed E-state index contributed by atoms with van der Waals surface area (Å²) in [5.41, 5.74) is 1.11. The molecular formula is C17H15N5O4. The Hall–Kier alpha value is -3.75. The third-order valence-electron chi connectivity index (χ3n) is 3.90. The first-order valence-electron chi connectivity index (χ1n) is 7.63. The molecule has 1 N–H and O–H groups in total. The lowest BCUT2D eigenvalue weighted by Gasteiger charge is -2.14. The van der Waals surface area contributed by atoms with E-state index < -0.39 is 15.5 Å². The first kappa shape index (κ1) is 17.1. The molecule has 9 nitrogen and oxygen atoms in total. The summed E-state index contributed by atoms with van der Waals surface area (Å²) in [4.78, 5) is 27.5. The number of hydrogen-bond donors (Lipinski definition) is 1. The van der Waals surface area contributed by atoms with Crippen LogP contribution in [-0.4, -0.2) is 28.9 Å². The molecule has 1 heterocycles. The summed E-state index contributed by atoms with van der Waals surface area (Å²) in [6, 6.07) is 11.3. The maximum Gasteiger partial charge on any atom is 0.301 e. The predicted octanol–water partition coefficient (Wildman–Crippen LogP) is 3.86. The van der Waals surface area contributed by atoms with Gasteiger partial charge in [-0.15, -0.1) is 0 Å². The molecule has 132 valence electrons. The fourth-order valence-corrected chi connectivity index (χ4v) is 2.62. The summed E-state index contributed by atoms with van der Waals surface area (Å²) < 4.78 is 0. The van der Waals surface area contributed by atoms with Crippen LogP contribution in [0.25, 0.3) is 10.9 Å². The van der Waals surface area contributed by atoms with E-state index in [0.29, 0.717) is 5.69 Å². The molecule has 3 aromatic rings. The zero-order valence-electron chi connectivity index (χ0n) is 14.0. The summed E-state index contributed by atoms with van der Waals surface area (Å²) in [6.45, 7) is 0. The summed E-state index contributed by atoms with van der Waals surface area (Å²) in [5.74, 6) is 0. The standard InChI is InChI=1S/C17H15N5O4/c1-20(2)12-7-5-11(6-8-12)19-17-15(22(25)26)10-14(21(23)24)13-4-3-9-18-16(13)17/h3-10,19H,1-2H3. The van der Waals surface area contributed by atoms with Crippen molar-refractivity contribution in [2.24, 2.45) is 0 Å². The van der Waals surface area contributed by atoms with Crippen molar-refractivity contribution >= 4 is 39.3 Å². The van der Waals surface area contributed by atoms with Crippen molar-refractivity contribution in [3.63, 3.8) is 0 Å². The van der Waals surface area contributed by atoms with E-state index in [2.05, 4.69) is 10.3 Å². The normalized spacial score (nSPS) is 10.5. The number of fused-ring (bicyclic) bond motifs is 1. The minimum atomic E-state index is -0.655. The average molecular weight is 353 g/mol. The van der Waals surface area contributed by atoms with Crippen LogP contribution in [0.1, 0.15) is 0 Å². The van der Waals surface area contributed by atoms with E-state index in [4.69, 9.17) is 0 Å². The van der Waals surface area contributed by atoms with Crippen molar-refractivity contribution in [3.05, 3.63) is 68.9 Å². The van der Waals surface area contributed by atoms with Gasteiger partial charge in [-0.3, -0.25) is 25.2 Å². The monoisotopic (exact) mass is 353 g/mol. The number of nitrogens with zero attached hydrogens (tertiary/aromatic N) is 4. The van der Waals surface area contributed by atoms with Gasteiger partial charge in [0, 0.05) is 31.7 Å². The zero-order valence-corrected chi connectivity index (χ0v) is 14.0. The van der Waals surface area contributed by atoms with E-state index in [1.165, 1.54) is 12.3 Å². The van der Waals surface area contributed by atoms with Crippen LogP contribution < -0.4 is 10.2 Å². The van der Waals surface area contributed by atoms with Gasteiger partial charge in [0.25, 0.3) is 5.69 Å². The van der Waals surface area contributed by atoms with Gasteiger partial charge >= 0.3 is 5.69 Å². The van der Waals surface area contributed by atoms with Crippen LogP contribution in [-0.2, 0) is 0 Å². The smallest absolute Gasteiger partial charge is 0.301 e. The van der Waals surface area contributed by atoms with Gasteiger partial charge in [0.15, 0.2) is 0 Å². The molecule has 0 amide bonds. The molecule has 9 heteroatoms. The number of nitrogens with one attached hydrogen (secondary N) is 1. The van der Waals surface area contributed by atoms with Crippen LogP contribution in [0.15, 0.2) is 48.7 Å². The van der Waals surface area contributed by atoms with E-state index >= 15 is 0 Å². The molecule has 0 unspecified atom stereocenters. The third kappa shape index (κ3) is 3.09. The Morgan fingerprint density at radius 2 is 1.65 bits per heavy atom. The Bertz CT molecular complexity index is 1000. The first-order chi connectivity index (χ1) is 12.4. The second-order valence-corrected chi connectivity index (χ2v) is 5.77. The highest BCUT2D eigenvalue weighted by Crippen LogP contribution is 2.39. The second-order valence-electron chi connectivity index (χ2n) is 5.77. The molecule has 0 aliphatic carbocycles. The Balaban J connectivity index is 2.18. The van der Waals surface area contributed by atoms with E-state index in [-0.39, 0.29) is 22.3 Å². The van der Waals surface area contributed by atoms with Crippen molar-refractivity contribution in [3.8, 4) is 0 Å². The first-order valence-corrected chi connectivity index (χ1v) is 7.63. The Morgan fingerprint density at radius 1 is 1.00 bits per heavy atom. The molecule has 0 aliphatic rings. The maximum absolute atomic E-state index is 11.5. The second kappa shape index (κ2) is 6.63. The third-order valence-corrected chi connectivity index (χ3v) is 3.90. The number of non-ortho nitro benzene ring substituents is 1. The predicted molar refractivity (Wildman–Crippen MR) is 99.1 cm³/mol. The lowest BCUT2D eigenvalue weighted by molar-refractivity contribution is -0.392. The Labute approximate surface area is 148 Å². The highest BCUT2D eigenvalue weighted by atomic mass is 16.6. The Morgan fingerprint density at radius 3 is 2.23 bits per heavy atom. The number of nitro benzene ring substituents is 2. The molecule has 0 radical (unpaired) electrons. The molecule has 0 bridgehead atoms. The lowest BCUT2D eigenvalue weighted by Crippen LogP contribution is -2.08. The lowest BCUT2D eigenvalue weighted by atomic mass is 10.1. The fraction of sp³-hybridized carbons (Fsp3) is 0.118. The van der Waals surface area contributed by atoms with Gasteiger partial charge in [0.05, 0.1) is 21.3 Å². The molecule has 3 rings (SSSR count). The maximum atomic E-state index is 11.5. The van der Waals surface area contributed by atoms with Gasteiger partial charge < -0.3 is 10.2 Å². The highest BCUT2D eigenvalue weighted by molar-refractivity contribution is 6.02. The summed E-state index contributed by atoms with van der Waals surface area (Å²) in [7, 11) is 3.81. The van der Waals surface area contributed by atoms with Crippen LogP contribution in [0.2, 0.25) is 0 Å². The molecule has 0 aliphatic heterocycles. The molecule has 0 saturated heterocycles. The molecule has 0 fully saturated rings. The van der Waals surface area contributed by atoms with Gasteiger partial charge in [-0.05, 0) is 36.4 Å². The number of benzene rings is 2. The zero-order chi connectivity index (χ0) is 18.8. The topological polar surface area (TPSA) is 114 Å². The van der Waals surface area contributed by atoms with E-state index in [9.17, 15) is 20.2 Å². The van der Waals surface area contributed by atoms with Gasteiger partial charge in [0.2, 0.25) is 0 Å². The van der Waals surface area contributed by atoms with Crippen LogP contribution in [0.4, 0.5) is 28.4 Å².